The molecule has 6 nitrogen and oxygen atoms in total. The molecule has 0 fully saturated rings. The van der Waals surface area contributed by atoms with Crippen molar-refractivity contribution < 1.29 is 42.5 Å². The van der Waals surface area contributed by atoms with Crippen molar-refractivity contribution in [3.63, 3.8) is 0 Å². The van der Waals surface area contributed by atoms with Gasteiger partial charge >= 0.3 is 29.6 Å². The third-order valence-electron chi connectivity index (χ3n) is 3.55. The van der Waals surface area contributed by atoms with Gasteiger partial charge in [0, 0.05) is 30.0 Å². The summed E-state index contributed by atoms with van der Waals surface area (Å²) in [4.78, 5) is 12.6. The molecule has 0 saturated carbocycles. The molecule has 0 radical (unpaired) electrons. The van der Waals surface area contributed by atoms with E-state index in [2.05, 4.69) is 0 Å². The van der Waals surface area contributed by atoms with Crippen molar-refractivity contribution >= 4 is 10.1 Å². The first-order valence-corrected chi connectivity index (χ1v) is 8.07. The maximum atomic E-state index is 12.6. The van der Waals surface area contributed by atoms with E-state index in [1.165, 1.54) is 4.68 Å². The summed E-state index contributed by atoms with van der Waals surface area (Å²) in [5.41, 5.74) is 1.41. The molecule has 8 heteroatoms. The van der Waals surface area contributed by atoms with E-state index >= 15 is 0 Å². The van der Waals surface area contributed by atoms with Crippen LogP contribution >= 0.6 is 0 Å². The first-order chi connectivity index (χ1) is 9.72. The van der Waals surface area contributed by atoms with Gasteiger partial charge in [0.2, 0.25) is 0 Å². The smallest absolute Gasteiger partial charge is 0.748 e. The maximum Gasteiger partial charge on any atom is 1.00 e. The van der Waals surface area contributed by atoms with Gasteiger partial charge in [0.1, 0.15) is 0 Å². The molecule has 2 aromatic rings. The quantitative estimate of drug-likeness (QED) is 0.485. The second kappa shape index (κ2) is 7.14. The number of nitrogens with zero attached hydrogens (tertiary/aromatic N) is 2. The van der Waals surface area contributed by atoms with Gasteiger partial charge in [0.05, 0.1) is 15.8 Å². The zero-order valence-corrected chi connectivity index (χ0v) is 15.9. The molecule has 1 aromatic heterocycles. The number of aromatic nitrogens is 2. The van der Waals surface area contributed by atoms with Crippen molar-refractivity contribution in [2.45, 2.75) is 19.8 Å². The minimum atomic E-state index is -4.38. The Morgan fingerprint density at radius 3 is 2.27 bits per heavy atom. The maximum absolute atomic E-state index is 12.6. The monoisotopic (exact) mass is 332 g/mol. The number of para-hydroxylation sites is 1. The Balaban J connectivity index is 0.00000242. The summed E-state index contributed by atoms with van der Waals surface area (Å²) in [5.74, 6) is -1.22. The van der Waals surface area contributed by atoms with E-state index in [-0.39, 0.29) is 35.1 Å². The number of hydrogen-bond donors (Lipinski definition) is 0. The van der Waals surface area contributed by atoms with Crippen LogP contribution in [0.3, 0.4) is 0 Å². The second-order valence-electron chi connectivity index (χ2n) is 5.10. The Morgan fingerprint density at radius 1 is 1.23 bits per heavy atom. The number of hydrogen-bond acceptors (Lipinski definition) is 4. The molecule has 0 aliphatic heterocycles. The summed E-state index contributed by atoms with van der Waals surface area (Å²) in [5, 5.41) is 0. The minimum Gasteiger partial charge on any atom is -0.748 e. The summed E-state index contributed by atoms with van der Waals surface area (Å²) < 4.78 is 35.9. The third kappa shape index (κ3) is 3.91. The van der Waals surface area contributed by atoms with Gasteiger partial charge in [0.15, 0.2) is 0 Å². The first-order valence-electron chi connectivity index (χ1n) is 6.50. The molecule has 0 N–H and O–H groups in total. The van der Waals surface area contributed by atoms with Gasteiger partial charge in [-0.25, -0.2) is 13.1 Å². The molecule has 0 bridgehead atoms. The Morgan fingerprint density at radius 2 is 1.77 bits per heavy atom. The standard InChI is InChI=1S/C14H18N2O4S.Na/c1-10(9-21(18,19)20)13-11(2)15(3)16(14(13)17)12-7-5-4-6-8-12;/h4-8,10H,9H2,1-3H3,(H,18,19,20);/q;+1/p-1. The second-order valence-corrected chi connectivity index (χ2v) is 6.55. The summed E-state index contributed by atoms with van der Waals surface area (Å²) in [6.45, 7) is 3.32. The van der Waals surface area contributed by atoms with Crippen LogP contribution in [-0.2, 0) is 17.2 Å². The molecule has 1 atom stereocenters. The summed E-state index contributed by atoms with van der Waals surface area (Å²) in [6, 6.07) is 9.06. The predicted octanol–water partition coefficient (Wildman–Crippen LogP) is -1.86. The number of rotatable bonds is 4. The molecule has 0 aliphatic rings. The zero-order chi connectivity index (χ0) is 15.8. The van der Waals surface area contributed by atoms with Gasteiger partial charge in [0.25, 0.3) is 5.56 Å². The molecule has 114 valence electrons. The van der Waals surface area contributed by atoms with Crippen molar-refractivity contribution in [3.8, 4) is 5.69 Å². The van der Waals surface area contributed by atoms with Crippen LogP contribution in [0.25, 0.3) is 5.69 Å². The van der Waals surface area contributed by atoms with Crippen LogP contribution in [0, 0.1) is 6.92 Å². The molecule has 0 aliphatic carbocycles. The van der Waals surface area contributed by atoms with Crippen LogP contribution in [0.15, 0.2) is 35.1 Å². The van der Waals surface area contributed by atoms with E-state index in [0.717, 1.165) is 0 Å². The van der Waals surface area contributed by atoms with Gasteiger partial charge < -0.3 is 4.55 Å². The molecule has 1 unspecified atom stereocenters. The van der Waals surface area contributed by atoms with Crippen LogP contribution in [0.5, 0.6) is 0 Å². The van der Waals surface area contributed by atoms with Crippen LogP contribution < -0.4 is 35.1 Å². The molecule has 22 heavy (non-hydrogen) atoms. The van der Waals surface area contributed by atoms with E-state index in [1.54, 1.807) is 37.7 Å². The van der Waals surface area contributed by atoms with E-state index < -0.39 is 21.8 Å². The van der Waals surface area contributed by atoms with Gasteiger partial charge in [-0.1, -0.05) is 25.1 Å². The van der Waals surface area contributed by atoms with Crippen molar-refractivity contribution in [2.24, 2.45) is 7.05 Å². The predicted molar refractivity (Wildman–Crippen MR) is 78.7 cm³/mol. The van der Waals surface area contributed by atoms with Crippen LogP contribution in [-0.4, -0.2) is 28.1 Å². The summed E-state index contributed by atoms with van der Waals surface area (Å²) >= 11 is 0. The molecule has 0 spiro atoms. The Hall–Kier alpha value is -0.860. The molecule has 1 aromatic carbocycles. The molecular weight excluding hydrogens is 315 g/mol. The molecule has 1 heterocycles. The normalized spacial score (nSPS) is 12.7. The van der Waals surface area contributed by atoms with Crippen molar-refractivity contribution in [1.82, 2.24) is 9.36 Å². The Labute approximate surface area is 151 Å². The van der Waals surface area contributed by atoms with E-state index in [9.17, 15) is 17.8 Å². The van der Waals surface area contributed by atoms with Crippen molar-refractivity contribution in [3.05, 3.63) is 51.9 Å². The Bertz CT molecular complexity index is 809. The van der Waals surface area contributed by atoms with Gasteiger partial charge in [-0.15, -0.1) is 0 Å². The minimum absolute atomic E-state index is 0. The average Bonchev–Trinajstić information content (AvgIpc) is 2.59. The van der Waals surface area contributed by atoms with Gasteiger partial charge in [-0.3, -0.25) is 9.48 Å². The van der Waals surface area contributed by atoms with E-state index in [0.29, 0.717) is 16.9 Å². The molecule has 0 saturated heterocycles. The topological polar surface area (TPSA) is 84.1 Å². The van der Waals surface area contributed by atoms with Crippen LogP contribution in [0.1, 0.15) is 24.1 Å². The SMILES string of the molecule is Cc1c(C(C)CS(=O)(=O)[O-])c(=O)n(-c2ccccc2)n1C.[Na+]. The Kier molecular flexibility index (Phi) is 6.23. The average molecular weight is 332 g/mol. The fraction of sp³-hybridized carbons (Fsp3) is 0.357. The fourth-order valence-electron chi connectivity index (χ4n) is 2.55. The summed E-state index contributed by atoms with van der Waals surface area (Å²) in [7, 11) is -2.65. The third-order valence-corrected chi connectivity index (χ3v) is 4.45. The van der Waals surface area contributed by atoms with Crippen molar-refractivity contribution in [1.29, 1.82) is 0 Å². The van der Waals surface area contributed by atoms with E-state index in [4.69, 9.17) is 0 Å². The summed E-state index contributed by atoms with van der Waals surface area (Å²) in [6.07, 6.45) is 0. The van der Waals surface area contributed by atoms with Gasteiger partial charge in [-0.05, 0) is 19.1 Å². The largest absolute Gasteiger partial charge is 1.00 e. The first kappa shape index (κ1) is 19.2. The molecule has 2 rings (SSSR count). The molecule has 0 amide bonds. The van der Waals surface area contributed by atoms with Crippen LogP contribution in [0.2, 0.25) is 0 Å². The molecular formula is C14H17N2NaO4S. The van der Waals surface area contributed by atoms with Crippen LogP contribution in [0.4, 0.5) is 0 Å². The van der Waals surface area contributed by atoms with E-state index in [1.807, 2.05) is 18.2 Å². The zero-order valence-electron chi connectivity index (χ0n) is 13.1. The van der Waals surface area contributed by atoms with Gasteiger partial charge in [-0.2, -0.15) is 0 Å². The fourth-order valence-corrected chi connectivity index (χ4v) is 3.32. The van der Waals surface area contributed by atoms with Crippen molar-refractivity contribution in [2.75, 3.05) is 5.75 Å². The number of benzene rings is 1.